The number of nitrogen functional groups attached to an aromatic ring is 1. The van der Waals surface area contributed by atoms with E-state index in [0.717, 1.165) is 26.1 Å². The van der Waals surface area contributed by atoms with Crippen molar-refractivity contribution >= 4 is 28.9 Å². The summed E-state index contributed by atoms with van der Waals surface area (Å²) in [4.78, 5) is 11.9. The number of ether oxygens (including phenoxy) is 1. The van der Waals surface area contributed by atoms with Crippen molar-refractivity contribution in [1.29, 1.82) is 0 Å². The van der Waals surface area contributed by atoms with Crippen molar-refractivity contribution in [3.63, 3.8) is 0 Å². The number of halogens is 1. The van der Waals surface area contributed by atoms with Gasteiger partial charge < -0.3 is 15.8 Å². The fraction of sp³-hybridized carbons (Fsp3) is 0.462. The number of benzene rings is 1. The molecule has 2 rings (SSSR count). The molecule has 0 aromatic heterocycles. The summed E-state index contributed by atoms with van der Waals surface area (Å²) in [5, 5.41) is 3.29. The smallest absolute Gasteiger partial charge is 0.224 e. The van der Waals surface area contributed by atoms with E-state index in [1.165, 1.54) is 0 Å². The van der Waals surface area contributed by atoms with Gasteiger partial charge in [0.25, 0.3) is 0 Å². The van der Waals surface area contributed by atoms with Crippen LogP contribution in [0.15, 0.2) is 18.2 Å². The predicted molar refractivity (Wildman–Crippen MR) is 72.7 cm³/mol. The molecule has 1 aromatic rings. The molecule has 1 aliphatic heterocycles. The standard InChI is InChI=1S/C13H17ClN2O2/c14-11-8-10(1-2-12(11)15)16-13(17)7-9-3-5-18-6-4-9/h1-2,8-9H,3-7,15H2,(H,16,17). The molecule has 0 aliphatic carbocycles. The second-order valence-corrected chi connectivity index (χ2v) is 4.95. The zero-order chi connectivity index (χ0) is 13.0. The minimum absolute atomic E-state index is 0.0164. The van der Waals surface area contributed by atoms with Gasteiger partial charge in [0.15, 0.2) is 0 Å². The molecular formula is C13H17ClN2O2. The summed E-state index contributed by atoms with van der Waals surface area (Å²) in [6, 6.07) is 5.11. The van der Waals surface area contributed by atoms with Gasteiger partial charge in [-0.1, -0.05) is 11.6 Å². The molecule has 3 N–H and O–H groups in total. The minimum Gasteiger partial charge on any atom is -0.398 e. The van der Waals surface area contributed by atoms with Gasteiger partial charge in [0, 0.05) is 25.3 Å². The number of carbonyl (C=O) groups is 1. The fourth-order valence-electron chi connectivity index (χ4n) is 2.03. The third-order valence-electron chi connectivity index (χ3n) is 3.10. The van der Waals surface area contributed by atoms with Crippen LogP contribution in [0.25, 0.3) is 0 Å². The van der Waals surface area contributed by atoms with Gasteiger partial charge in [-0.05, 0) is 37.0 Å². The number of rotatable bonds is 3. The maximum absolute atomic E-state index is 11.9. The molecule has 98 valence electrons. The van der Waals surface area contributed by atoms with Gasteiger partial charge in [0.2, 0.25) is 5.91 Å². The molecule has 0 bridgehead atoms. The third-order valence-corrected chi connectivity index (χ3v) is 3.43. The second-order valence-electron chi connectivity index (χ2n) is 4.54. The number of nitrogens with two attached hydrogens (primary N) is 1. The predicted octanol–water partition coefficient (Wildman–Crippen LogP) is 2.68. The topological polar surface area (TPSA) is 64.3 Å². The third kappa shape index (κ3) is 3.62. The van der Waals surface area contributed by atoms with Crippen LogP contribution in [-0.2, 0) is 9.53 Å². The minimum atomic E-state index is 0.0164. The Morgan fingerprint density at radius 1 is 1.44 bits per heavy atom. The van der Waals surface area contributed by atoms with Crippen molar-refractivity contribution in [2.75, 3.05) is 24.3 Å². The van der Waals surface area contributed by atoms with Crippen molar-refractivity contribution in [3.05, 3.63) is 23.2 Å². The zero-order valence-electron chi connectivity index (χ0n) is 10.1. The van der Waals surface area contributed by atoms with Crippen LogP contribution in [0, 0.1) is 5.92 Å². The van der Waals surface area contributed by atoms with Gasteiger partial charge in [-0.25, -0.2) is 0 Å². The molecule has 0 unspecified atom stereocenters. The van der Waals surface area contributed by atoms with Crippen LogP contribution in [0.2, 0.25) is 5.02 Å². The quantitative estimate of drug-likeness (QED) is 0.829. The molecule has 4 nitrogen and oxygen atoms in total. The first-order chi connectivity index (χ1) is 8.65. The number of hydrogen-bond donors (Lipinski definition) is 2. The first-order valence-electron chi connectivity index (χ1n) is 6.08. The average Bonchev–Trinajstić information content (AvgIpc) is 2.35. The summed E-state index contributed by atoms with van der Waals surface area (Å²) in [7, 11) is 0. The normalized spacial score (nSPS) is 16.5. The summed E-state index contributed by atoms with van der Waals surface area (Å²) in [6.45, 7) is 1.51. The number of carbonyl (C=O) groups excluding carboxylic acids is 1. The van der Waals surface area contributed by atoms with E-state index in [1.807, 2.05) is 0 Å². The van der Waals surface area contributed by atoms with Crippen molar-refractivity contribution in [1.82, 2.24) is 0 Å². The maximum atomic E-state index is 11.9. The van der Waals surface area contributed by atoms with Crippen LogP contribution in [0.3, 0.4) is 0 Å². The second kappa shape index (κ2) is 6.07. The Morgan fingerprint density at radius 3 is 2.83 bits per heavy atom. The van der Waals surface area contributed by atoms with Crippen molar-refractivity contribution in [3.8, 4) is 0 Å². The molecule has 1 amide bonds. The molecule has 1 heterocycles. The highest BCUT2D eigenvalue weighted by molar-refractivity contribution is 6.33. The molecule has 18 heavy (non-hydrogen) atoms. The number of amides is 1. The number of anilines is 2. The van der Waals surface area contributed by atoms with E-state index in [4.69, 9.17) is 22.1 Å². The van der Waals surface area contributed by atoms with Gasteiger partial charge in [0.1, 0.15) is 0 Å². The Balaban J connectivity index is 1.88. The van der Waals surface area contributed by atoms with Crippen LogP contribution in [0.4, 0.5) is 11.4 Å². The van der Waals surface area contributed by atoms with Gasteiger partial charge in [-0.3, -0.25) is 4.79 Å². The zero-order valence-corrected chi connectivity index (χ0v) is 10.9. The lowest BCUT2D eigenvalue weighted by Gasteiger charge is -2.21. The Bertz CT molecular complexity index is 431. The van der Waals surface area contributed by atoms with Gasteiger partial charge >= 0.3 is 0 Å². The van der Waals surface area contributed by atoms with Crippen LogP contribution in [-0.4, -0.2) is 19.1 Å². The van der Waals surface area contributed by atoms with E-state index >= 15 is 0 Å². The Hall–Kier alpha value is -1.26. The Kier molecular flexibility index (Phi) is 4.44. The van der Waals surface area contributed by atoms with E-state index in [9.17, 15) is 4.79 Å². The fourth-order valence-corrected chi connectivity index (χ4v) is 2.21. The summed E-state index contributed by atoms with van der Waals surface area (Å²) in [5.74, 6) is 0.436. The molecule has 0 atom stereocenters. The summed E-state index contributed by atoms with van der Waals surface area (Å²) >= 11 is 5.90. The lowest BCUT2D eigenvalue weighted by Crippen LogP contribution is -2.22. The van der Waals surface area contributed by atoms with Crippen LogP contribution < -0.4 is 11.1 Å². The molecule has 1 saturated heterocycles. The first-order valence-corrected chi connectivity index (χ1v) is 6.45. The molecule has 1 aromatic carbocycles. The molecule has 1 aliphatic rings. The highest BCUT2D eigenvalue weighted by Gasteiger charge is 2.17. The van der Waals surface area contributed by atoms with E-state index in [1.54, 1.807) is 18.2 Å². The Morgan fingerprint density at radius 2 is 2.17 bits per heavy atom. The van der Waals surface area contributed by atoms with E-state index < -0.39 is 0 Å². The van der Waals surface area contributed by atoms with E-state index in [2.05, 4.69) is 5.32 Å². The number of hydrogen-bond acceptors (Lipinski definition) is 3. The van der Waals surface area contributed by atoms with Gasteiger partial charge in [-0.15, -0.1) is 0 Å². The van der Waals surface area contributed by atoms with Crippen molar-refractivity contribution in [2.24, 2.45) is 5.92 Å². The monoisotopic (exact) mass is 268 g/mol. The largest absolute Gasteiger partial charge is 0.398 e. The Labute approximate surface area is 111 Å². The van der Waals surface area contributed by atoms with Gasteiger partial charge in [-0.2, -0.15) is 0 Å². The van der Waals surface area contributed by atoms with Crippen LogP contribution in [0.5, 0.6) is 0 Å². The van der Waals surface area contributed by atoms with Crippen molar-refractivity contribution < 1.29 is 9.53 Å². The lowest BCUT2D eigenvalue weighted by atomic mass is 9.96. The highest BCUT2D eigenvalue weighted by Crippen LogP contribution is 2.24. The van der Waals surface area contributed by atoms with E-state index in [-0.39, 0.29) is 5.91 Å². The molecule has 0 saturated carbocycles. The maximum Gasteiger partial charge on any atom is 0.224 e. The lowest BCUT2D eigenvalue weighted by molar-refractivity contribution is -0.117. The highest BCUT2D eigenvalue weighted by atomic mass is 35.5. The molecular weight excluding hydrogens is 252 g/mol. The number of nitrogens with one attached hydrogen (secondary N) is 1. The summed E-state index contributed by atoms with van der Waals surface area (Å²) in [5.41, 5.74) is 6.81. The summed E-state index contributed by atoms with van der Waals surface area (Å²) in [6.07, 6.45) is 2.44. The van der Waals surface area contributed by atoms with E-state index in [0.29, 0.717) is 28.7 Å². The van der Waals surface area contributed by atoms with Crippen LogP contribution >= 0.6 is 11.6 Å². The summed E-state index contributed by atoms with van der Waals surface area (Å²) < 4.78 is 5.27. The molecule has 0 radical (unpaired) electrons. The SMILES string of the molecule is Nc1ccc(NC(=O)CC2CCOCC2)cc1Cl. The average molecular weight is 269 g/mol. The molecule has 1 fully saturated rings. The first kappa shape index (κ1) is 13.2. The van der Waals surface area contributed by atoms with Crippen LogP contribution in [0.1, 0.15) is 19.3 Å². The molecule has 0 spiro atoms. The van der Waals surface area contributed by atoms with Gasteiger partial charge in [0.05, 0.1) is 10.7 Å². The molecule has 5 heteroatoms. The van der Waals surface area contributed by atoms with Crippen molar-refractivity contribution in [2.45, 2.75) is 19.3 Å².